The van der Waals surface area contributed by atoms with Crippen LogP contribution < -0.4 is 14.8 Å². The summed E-state index contributed by atoms with van der Waals surface area (Å²) in [6.45, 7) is 5.87. The van der Waals surface area contributed by atoms with E-state index in [4.69, 9.17) is 9.47 Å². The fourth-order valence-electron chi connectivity index (χ4n) is 3.18. The van der Waals surface area contributed by atoms with Crippen molar-refractivity contribution < 1.29 is 19.1 Å². The van der Waals surface area contributed by atoms with Gasteiger partial charge < -0.3 is 19.7 Å². The van der Waals surface area contributed by atoms with Crippen molar-refractivity contribution in [3.05, 3.63) is 58.7 Å². The van der Waals surface area contributed by atoms with Crippen LogP contribution in [0.15, 0.2) is 36.4 Å². The zero-order valence-corrected chi connectivity index (χ0v) is 17.8. The molecule has 2 aromatic carbocycles. The molecule has 6 nitrogen and oxygen atoms in total. The van der Waals surface area contributed by atoms with Crippen molar-refractivity contribution in [1.82, 2.24) is 4.90 Å². The fourth-order valence-corrected chi connectivity index (χ4v) is 3.18. The predicted octanol–water partition coefficient (Wildman–Crippen LogP) is 3.74. The molecule has 2 amide bonds. The molecule has 0 aromatic heterocycles. The maximum absolute atomic E-state index is 12.4. The predicted molar refractivity (Wildman–Crippen MR) is 115 cm³/mol. The number of methoxy groups -OCH3 is 2. The SMILES string of the molecule is COc1cccc(/C=C/C(=O)N(C)CC(=O)Nc2c(C)cc(C)cc2C)c1OC. The Labute approximate surface area is 172 Å². The normalized spacial score (nSPS) is 10.7. The number of carbonyl (C=O) groups is 2. The molecule has 2 rings (SSSR count). The Morgan fingerprint density at radius 3 is 2.31 bits per heavy atom. The van der Waals surface area contributed by atoms with Crippen molar-refractivity contribution in [2.24, 2.45) is 0 Å². The molecule has 0 spiro atoms. The summed E-state index contributed by atoms with van der Waals surface area (Å²) in [4.78, 5) is 26.2. The third-order valence-corrected chi connectivity index (χ3v) is 4.54. The van der Waals surface area contributed by atoms with E-state index in [9.17, 15) is 9.59 Å². The molecule has 154 valence electrons. The number of carbonyl (C=O) groups excluding carboxylic acids is 2. The summed E-state index contributed by atoms with van der Waals surface area (Å²) in [7, 11) is 4.69. The molecular weight excluding hydrogens is 368 g/mol. The minimum Gasteiger partial charge on any atom is -0.493 e. The molecule has 0 heterocycles. The Morgan fingerprint density at radius 1 is 1.07 bits per heavy atom. The fraction of sp³-hybridized carbons (Fsp3) is 0.304. The van der Waals surface area contributed by atoms with Crippen LogP contribution in [0, 0.1) is 20.8 Å². The summed E-state index contributed by atoms with van der Waals surface area (Å²) in [6, 6.07) is 9.45. The lowest BCUT2D eigenvalue weighted by Crippen LogP contribution is -2.34. The lowest BCUT2D eigenvalue weighted by Gasteiger charge is -2.17. The second-order valence-electron chi connectivity index (χ2n) is 6.93. The summed E-state index contributed by atoms with van der Waals surface area (Å²) in [5.41, 5.74) is 4.63. The number of nitrogens with one attached hydrogen (secondary N) is 1. The van der Waals surface area contributed by atoms with Crippen LogP contribution in [0.1, 0.15) is 22.3 Å². The first-order chi connectivity index (χ1) is 13.8. The largest absolute Gasteiger partial charge is 0.493 e. The number of hydrogen-bond donors (Lipinski definition) is 1. The first-order valence-electron chi connectivity index (χ1n) is 9.28. The van der Waals surface area contributed by atoms with Crippen molar-refractivity contribution in [2.45, 2.75) is 20.8 Å². The number of ether oxygens (including phenoxy) is 2. The van der Waals surface area contributed by atoms with Crippen molar-refractivity contribution in [2.75, 3.05) is 33.1 Å². The molecule has 0 fully saturated rings. The molecule has 0 atom stereocenters. The Kier molecular flexibility index (Phi) is 7.42. The summed E-state index contributed by atoms with van der Waals surface area (Å²) >= 11 is 0. The summed E-state index contributed by atoms with van der Waals surface area (Å²) < 4.78 is 10.6. The van der Waals surface area contributed by atoms with E-state index in [2.05, 4.69) is 5.32 Å². The number of aryl methyl sites for hydroxylation is 3. The van der Waals surface area contributed by atoms with Crippen LogP contribution in [0.25, 0.3) is 6.08 Å². The highest BCUT2D eigenvalue weighted by Crippen LogP contribution is 2.31. The lowest BCUT2D eigenvalue weighted by atomic mass is 10.1. The van der Waals surface area contributed by atoms with Crippen LogP contribution in [-0.2, 0) is 9.59 Å². The second kappa shape index (κ2) is 9.78. The van der Waals surface area contributed by atoms with Gasteiger partial charge in [0.05, 0.1) is 20.8 Å². The minimum absolute atomic E-state index is 0.0504. The summed E-state index contributed by atoms with van der Waals surface area (Å²) in [5.74, 6) is 0.592. The third kappa shape index (κ3) is 5.60. The number of anilines is 1. The Bertz CT molecular complexity index is 911. The Hall–Kier alpha value is -3.28. The molecule has 0 saturated carbocycles. The van der Waals surface area contributed by atoms with E-state index in [1.165, 1.54) is 11.0 Å². The first-order valence-corrected chi connectivity index (χ1v) is 9.28. The van der Waals surface area contributed by atoms with Crippen LogP contribution in [0.3, 0.4) is 0 Å². The number of para-hydroxylation sites is 1. The molecule has 0 radical (unpaired) electrons. The Balaban J connectivity index is 2.04. The van der Waals surface area contributed by atoms with Crippen molar-refractivity contribution >= 4 is 23.6 Å². The maximum atomic E-state index is 12.4. The molecule has 0 unspecified atom stereocenters. The highest BCUT2D eigenvalue weighted by Gasteiger charge is 2.14. The van der Waals surface area contributed by atoms with Gasteiger partial charge in [-0.05, 0) is 44.0 Å². The van der Waals surface area contributed by atoms with Gasteiger partial charge in [0.15, 0.2) is 11.5 Å². The highest BCUT2D eigenvalue weighted by molar-refractivity contribution is 5.98. The number of amides is 2. The molecule has 2 aromatic rings. The van der Waals surface area contributed by atoms with Gasteiger partial charge in [-0.25, -0.2) is 0 Å². The molecule has 1 N–H and O–H groups in total. The van der Waals surface area contributed by atoms with Gasteiger partial charge in [-0.15, -0.1) is 0 Å². The molecule has 0 bridgehead atoms. The van der Waals surface area contributed by atoms with Crippen molar-refractivity contribution in [3.63, 3.8) is 0 Å². The average molecular weight is 396 g/mol. The van der Waals surface area contributed by atoms with Crippen LogP contribution >= 0.6 is 0 Å². The van der Waals surface area contributed by atoms with Crippen LogP contribution in [0.2, 0.25) is 0 Å². The molecule has 6 heteroatoms. The molecule has 0 aliphatic rings. The van der Waals surface area contributed by atoms with Crippen LogP contribution in [0.5, 0.6) is 11.5 Å². The third-order valence-electron chi connectivity index (χ3n) is 4.54. The Morgan fingerprint density at radius 2 is 1.72 bits per heavy atom. The number of rotatable bonds is 7. The first kappa shape index (κ1) is 22.0. The van der Waals surface area contributed by atoms with Gasteiger partial charge in [-0.3, -0.25) is 9.59 Å². The highest BCUT2D eigenvalue weighted by atomic mass is 16.5. The standard InChI is InChI=1S/C23H28N2O4/c1-15-12-16(2)22(17(3)13-15)24-20(26)14-25(4)21(27)11-10-18-8-7-9-19(28-5)23(18)29-6/h7-13H,14H2,1-6H3,(H,24,26)/b11-10+. The van der Waals surface area contributed by atoms with Gasteiger partial charge in [0.25, 0.3) is 0 Å². The van der Waals surface area contributed by atoms with E-state index in [0.29, 0.717) is 17.1 Å². The molecule has 0 saturated heterocycles. The zero-order valence-electron chi connectivity index (χ0n) is 17.8. The monoisotopic (exact) mass is 396 g/mol. The molecule has 0 aliphatic heterocycles. The van der Waals surface area contributed by atoms with E-state index in [0.717, 1.165) is 22.4 Å². The van der Waals surface area contributed by atoms with E-state index >= 15 is 0 Å². The van der Waals surface area contributed by atoms with Gasteiger partial charge in [-0.2, -0.15) is 0 Å². The number of likely N-dealkylation sites (N-methyl/N-ethyl adjacent to an activating group) is 1. The maximum Gasteiger partial charge on any atom is 0.246 e. The lowest BCUT2D eigenvalue weighted by molar-refractivity contribution is -0.129. The second-order valence-corrected chi connectivity index (χ2v) is 6.93. The van der Waals surface area contributed by atoms with E-state index in [-0.39, 0.29) is 18.4 Å². The number of nitrogens with zero attached hydrogens (tertiary/aromatic N) is 1. The van der Waals surface area contributed by atoms with Gasteiger partial charge in [0, 0.05) is 24.4 Å². The average Bonchev–Trinajstić information content (AvgIpc) is 2.68. The van der Waals surface area contributed by atoms with Crippen LogP contribution in [-0.4, -0.2) is 44.5 Å². The minimum atomic E-state index is -0.289. The number of hydrogen-bond acceptors (Lipinski definition) is 4. The van der Waals surface area contributed by atoms with E-state index in [1.807, 2.05) is 45.0 Å². The van der Waals surface area contributed by atoms with Gasteiger partial charge in [0.1, 0.15) is 0 Å². The van der Waals surface area contributed by atoms with E-state index < -0.39 is 0 Å². The summed E-state index contributed by atoms with van der Waals surface area (Å²) in [5, 5.41) is 2.91. The van der Waals surface area contributed by atoms with Gasteiger partial charge >= 0.3 is 0 Å². The quantitative estimate of drug-likeness (QED) is 0.724. The molecule has 29 heavy (non-hydrogen) atoms. The topological polar surface area (TPSA) is 67.9 Å². The van der Waals surface area contributed by atoms with E-state index in [1.54, 1.807) is 33.4 Å². The zero-order chi connectivity index (χ0) is 21.6. The smallest absolute Gasteiger partial charge is 0.246 e. The van der Waals surface area contributed by atoms with Gasteiger partial charge in [-0.1, -0.05) is 29.8 Å². The van der Waals surface area contributed by atoms with Crippen molar-refractivity contribution in [1.29, 1.82) is 0 Å². The van der Waals surface area contributed by atoms with Crippen molar-refractivity contribution in [3.8, 4) is 11.5 Å². The van der Waals surface area contributed by atoms with Crippen LogP contribution in [0.4, 0.5) is 5.69 Å². The summed E-state index contributed by atoms with van der Waals surface area (Å²) in [6.07, 6.45) is 3.05. The van der Waals surface area contributed by atoms with Gasteiger partial charge in [0.2, 0.25) is 11.8 Å². The molecular formula is C23H28N2O4. The number of benzene rings is 2. The molecule has 0 aliphatic carbocycles.